The fourth-order valence-electron chi connectivity index (χ4n) is 1.54. The average Bonchev–Trinajstić information content (AvgIpc) is 2.74. The number of aryl methyl sites for hydroxylation is 1. The lowest BCUT2D eigenvalue weighted by Crippen LogP contribution is -2.26. The highest BCUT2D eigenvalue weighted by Gasteiger charge is 2.18. The van der Waals surface area contributed by atoms with Crippen LogP contribution in [-0.2, 0) is 0 Å². The monoisotopic (exact) mass is 231 g/mol. The molecule has 0 bridgehead atoms. The van der Waals surface area contributed by atoms with Gasteiger partial charge in [-0.3, -0.25) is 4.79 Å². The minimum atomic E-state index is -0.210. The largest absolute Gasteiger partial charge is 0.508 e. The normalized spacial score (nSPS) is 10.2. The summed E-state index contributed by atoms with van der Waals surface area (Å²) in [5, 5.41) is 9.18. The molecule has 2 rings (SSSR count). The number of hydrogen-bond acceptors (Lipinski definition) is 3. The summed E-state index contributed by atoms with van der Waals surface area (Å²) < 4.78 is 5.15. The molecule has 0 saturated carbocycles. The molecule has 88 valence electrons. The Bertz CT molecular complexity index is 528. The molecule has 0 radical (unpaired) electrons. The van der Waals surface area contributed by atoms with E-state index in [-0.39, 0.29) is 11.7 Å². The molecule has 17 heavy (non-hydrogen) atoms. The number of benzene rings is 1. The molecule has 1 heterocycles. The standard InChI is InChI=1S/C13H13NO3/c1-9-7-8-17-12(9)13(16)14(2)10-3-5-11(15)6-4-10/h3-8,15H,1-2H3. The lowest BCUT2D eigenvalue weighted by Gasteiger charge is -2.16. The Morgan fingerprint density at radius 2 is 1.88 bits per heavy atom. The fourth-order valence-corrected chi connectivity index (χ4v) is 1.54. The minimum Gasteiger partial charge on any atom is -0.508 e. The third-order valence-electron chi connectivity index (χ3n) is 2.60. The maximum atomic E-state index is 12.1. The molecule has 0 aliphatic carbocycles. The van der Waals surface area contributed by atoms with Crippen molar-refractivity contribution < 1.29 is 14.3 Å². The van der Waals surface area contributed by atoms with Crippen LogP contribution < -0.4 is 4.90 Å². The first kappa shape index (κ1) is 11.3. The third kappa shape index (κ3) is 2.15. The van der Waals surface area contributed by atoms with Gasteiger partial charge >= 0.3 is 0 Å². The van der Waals surface area contributed by atoms with Gasteiger partial charge in [0.25, 0.3) is 5.91 Å². The maximum absolute atomic E-state index is 12.1. The summed E-state index contributed by atoms with van der Waals surface area (Å²) in [6.45, 7) is 1.82. The molecule has 1 N–H and O–H groups in total. The number of hydrogen-bond donors (Lipinski definition) is 1. The molecular weight excluding hydrogens is 218 g/mol. The topological polar surface area (TPSA) is 53.7 Å². The zero-order valence-electron chi connectivity index (χ0n) is 9.68. The minimum absolute atomic E-state index is 0.170. The molecule has 1 aromatic heterocycles. The van der Waals surface area contributed by atoms with Gasteiger partial charge in [-0.1, -0.05) is 0 Å². The van der Waals surface area contributed by atoms with E-state index in [1.807, 2.05) is 6.92 Å². The third-order valence-corrected chi connectivity index (χ3v) is 2.60. The Kier molecular flexibility index (Phi) is 2.87. The molecule has 4 heteroatoms. The molecule has 1 amide bonds. The molecule has 0 aliphatic heterocycles. The van der Waals surface area contributed by atoms with E-state index in [1.165, 1.54) is 23.3 Å². The Labute approximate surface area is 99.1 Å². The molecule has 0 fully saturated rings. The number of phenolic OH excluding ortho intramolecular Hbond substituents is 1. The number of carbonyl (C=O) groups excluding carboxylic acids is 1. The number of furan rings is 1. The molecule has 0 saturated heterocycles. The van der Waals surface area contributed by atoms with Gasteiger partial charge in [0, 0.05) is 18.3 Å². The fraction of sp³-hybridized carbons (Fsp3) is 0.154. The van der Waals surface area contributed by atoms with Crippen LogP contribution >= 0.6 is 0 Å². The van der Waals surface area contributed by atoms with E-state index in [9.17, 15) is 9.90 Å². The van der Waals surface area contributed by atoms with Crippen molar-refractivity contribution in [3.63, 3.8) is 0 Å². The van der Waals surface area contributed by atoms with E-state index in [4.69, 9.17) is 4.42 Å². The zero-order valence-corrected chi connectivity index (χ0v) is 9.68. The van der Waals surface area contributed by atoms with Gasteiger partial charge < -0.3 is 14.4 Å². The highest BCUT2D eigenvalue weighted by molar-refractivity contribution is 6.04. The summed E-state index contributed by atoms with van der Waals surface area (Å²) in [4.78, 5) is 13.6. The quantitative estimate of drug-likeness (QED) is 0.864. The Hall–Kier alpha value is -2.23. The van der Waals surface area contributed by atoms with Gasteiger partial charge in [0.15, 0.2) is 5.76 Å². The van der Waals surface area contributed by atoms with Crippen molar-refractivity contribution in [3.8, 4) is 5.75 Å². The summed E-state index contributed by atoms with van der Waals surface area (Å²) in [6.07, 6.45) is 1.49. The van der Waals surface area contributed by atoms with Crippen LogP contribution in [0.2, 0.25) is 0 Å². The van der Waals surface area contributed by atoms with E-state index >= 15 is 0 Å². The first-order chi connectivity index (χ1) is 8.09. The molecule has 1 aromatic carbocycles. The summed E-state index contributed by atoms with van der Waals surface area (Å²) >= 11 is 0. The molecule has 0 aliphatic rings. The second kappa shape index (κ2) is 4.33. The molecule has 0 unspecified atom stereocenters. The Balaban J connectivity index is 2.26. The second-order valence-electron chi connectivity index (χ2n) is 3.81. The number of nitrogens with zero attached hydrogens (tertiary/aromatic N) is 1. The number of rotatable bonds is 2. The van der Waals surface area contributed by atoms with Gasteiger partial charge in [0.2, 0.25) is 0 Å². The highest BCUT2D eigenvalue weighted by Crippen LogP contribution is 2.20. The summed E-state index contributed by atoms with van der Waals surface area (Å²) in [5.74, 6) is 0.294. The van der Waals surface area contributed by atoms with Crippen LogP contribution in [0, 0.1) is 6.92 Å². The van der Waals surface area contributed by atoms with E-state index < -0.39 is 0 Å². The van der Waals surface area contributed by atoms with Crippen LogP contribution in [0.1, 0.15) is 16.1 Å². The first-order valence-corrected chi connectivity index (χ1v) is 5.21. The van der Waals surface area contributed by atoms with Crippen LogP contribution in [0.4, 0.5) is 5.69 Å². The van der Waals surface area contributed by atoms with Crippen LogP contribution in [-0.4, -0.2) is 18.1 Å². The predicted octanol–water partition coefficient (Wildman–Crippen LogP) is 2.57. The van der Waals surface area contributed by atoms with Gasteiger partial charge in [-0.2, -0.15) is 0 Å². The number of carbonyl (C=O) groups is 1. The van der Waals surface area contributed by atoms with Crippen LogP contribution in [0.25, 0.3) is 0 Å². The van der Waals surface area contributed by atoms with Crippen molar-refractivity contribution in [2.24, 2.45) is 0 Å². The second-order valence-corrected chi connectivity index (χ2v) is 3.81. The predicted molar refractivity (Wildman–Crippen MR) is 64.3 cm³/mol. The van der Waals surface area contributed by atoms with Gasteiger partial charge in [-0.25, -0.2) is 0 Å². The number of anilines is 1. The molecular formula is C13H13NO3. The van der Waals surface area contributed by atoms with E-state index in [2.05, 4.69) is 0 Å². The number of amides is 1. The lowest BCUT2D eigenvalue weighted by atomic mass is 10.2. The van der Waals surface area contributed by atoms with Crippen molar-refractivity contribution >= 4 is 11.6 Å². The van der Waals surface area contributed by atoms with Crippen LogP contribution in [0.5, 0.6) is 5.75 Å². The van der Waals surface area contributed by atoms with Gasteiger partial charge in [-0.05, 0) is 37.3 Å². The highest BCUT2D eigenvalue weighted by atomic mass is 16.3. The van der Waals surface area contributed by atoms with Crippen molar-refractivity contribution in [2.75, 3.05) is 11.9 Å². The summed E-state index contributed by atoms with van der Waals surface area (Å²) in [5.41, 5.74) is 1.50. The van der Waals surface area contributed by atoms with Crippen molar-refractivity contribution in [3.05, 3.63) is 47.9 Å². The van der Waals surface area contributed by atoms with Gasteiger partial charge in [-0.15, -0.1) is 0 Å². The zero-order chi connectivity index (χ0) is 12.4. The van der Waals surface area contributed by atoms with E-state index in [0.29, 0.717) is 11.4 Å². The van der Waals surface area contributed by atoms with E-state index in [0.717, 1.165) is 5.56 Å². The smallest absolute Gasteiger partial charge is 0.293 e. The van der Waals surface area contributed by atoms with Gasteiger partial charge in [0.1, 0.15) is 5.75 Å². The number of phenols is 1. The SMILES string of the molecule is Cc1ccoc1C(=O)N(C)c1ccc(O)cc1. The average molecular weight is 231 g/mol. The van der Waals surface area contributed by atoms with Crippen molar-refractivity contribution in [2.45, 2.75) is 6.92 Å². The summed E-state index contributed by atoms with van der Waals surface area (Å²) in [7, 11) is 1.66. The Morgan fingerprint density at radius 3 is 2.41 bits per heavy atom. The van der Waals surface area contributed by atoms with Crippen molar-refractivity contribution in [1.29, 1.82) is 0 Å². The molecule has 4 nitrogen and oxygen atoms in total. The van der Waals surface area contributed by atoms with Crippen LogP contribution in [0.3, 0.4) is 0 Å². The van der Waals surface area contributed by atoms with E-state index in [1.54, 1.807) is 25.2 Å². The van der Waals surface area contributed by atoms with Gasteiger partial charge in [0.05, 0.1) is 6.26 Å². The molecule has 2 aromatic rings. The lowest BCUT2D eigenvalue weighted by molar-refractivity contribution is 0.0965. The first-order valence-electron chi connectivity index (χ1n) is 5.21. The molecule has 0 atom stereocenters. The van der Waals surface area contributed by atoms with Crippen LogP contribution in [0.15, 0.2) is 41.0 Å². The molecule has 0 spiro atoms. The summed E-state index contributed by atoms with van der Waals surface area (Å²) in [6, 6.07) is 8.16. The number of aromatic hydroxyl groups is 1. The Morgan fingerprint density at radius 1 is 1.24 bits per heavy atom. The maximum Gasteiger partial charge on any atom is 0.293 e. The van der Waals surface area contributed by atoms with Crippen molar-refractivity contribution in [1.82, 2.24) is 0 Å².